The first-order chi connectivity index (χ1) is 10.8. The van der Waals surface area contributed by atoms with Crippen LogP contribution in [-0.2, 0) is 11.3 Å². The summed E-state index contributed by atoms with van der Waals surface area (Å²) in [6, 6.07) is 0. The van der Waals surface area contributed by atoms with Crippen molar-refractivity contribution in [1.29, 1.82) is 0 Å². The summed E-state index contributed by atoms with van der Waals surface area (Å²) in [6.45, 7) is 2.10. The number of nitrogens with zero attached hydrogens (tertiary/aromatic N) is 4. The van der Waals surface area contributed by atoms with Gasteiger partial charge in [-0.05, 0) is 12.8 Å². The number of piperidine rings is 1. The maximum atomic E-state index is 12.0. The number of likely N-dealkylation sites (tertiary alicyclic amines) is 1. The minimum Gasteiger partial charge on any atom is -0.396 e. The maximum Gasteiger partial charge on any atom is 0.224 e. The van der Waals surface area contributed by atoms with Gasteiger partial charge in [0.2, 0.25) is 5.91 Å². The molecule has 1 fully saturated rings. The van der Waals surface area contributed by atoms with Crippen molar-refractivity contribution in [2.24, 2.45) is 0 Å². The first kappa shape index (κ1) is 15.2. The van der Waals surface area contributed by atoms with Crippen LogP contribution in [0.15, 0.2) is 23.3 Å². The number of aliphatic hydroxyl groups is 1. The topological polar surface area (TPSA) is 71.2 Å². The average molecular weight is 320 g/mol. The second-order valence-corrected chi connectivity index (χ2v) is 6.26. The lowest BCUT2D eigenvalue weighted by Crippen LogP contribution is -2.40. The molecule has 6 nitrogen and oxygen atoms in total. The van der Waals surface area contributed by atoms with Crippen molar-refractivity contribution in [3.05, 3.63) is 34.8 Å². The van der Waals surface area contributed by atoms with Crippen molar-refractivity contribution >= 4 is 17.2 Å². The molecular formula is C15H20N4O2S. The molecule has 2 aromatic heterocycles. The molecule has 3 heterocycles. The number of thiazole rings is 1. The number of hydrogen-bond acceptors (Lipinski definition) is 5. The molecule has 1 aliphatic rings. The molecule has 22 heavy (non-hydrogen) atoms. The number of imidazole rings is 1. The normalized spacial score (nSPS) is 18.6. The molecule has 1 N–H and O–H groups in total. The first-order valence-corrected chi connectivity index (χ1v) is 8.49. The molecule has 1 atom stereocenters. The van der Waals surface area contributed by atoms with Gasteiger partial charge in [-0.1, -0.05) is 0 Å². The van der Waals surface area contributed by atoms with E-state index >= 15 is 0 Å². The van der Waals surface area contributed by atoms with Crippen LogP contribution < -0.4 is 0 Å². The lowest BCUT2D eigenvalue weighted by atomic mass is 9.97. The highest BCUT2D eigenvalue weighted by Gasteiger charge is 2.27. The summed E-state index contributed by atoms with van der Waals surface area (Å²) < 4.78 is 2.12. The molecule has 1 saturated heterocycles. The smallest absolute Gasteiger partial charge is 0.224 e. The summed E-state index contributed by atoms with van der Waals surface area (Å²) in [5.41, 5.74) is 2.87. The third-order valence-corrected chi connectivity index (χ3v) is 4.66. The second-order valence-electron chi connectivity index (χ2n) is 5.55. The molecular weight excluding hydrogens is 300 g/mol. The molecule has 0 spiro atoms. The predicted molar refractivity (Wildman–Crippen MR) is 83.7 cm³/mol. The van der Waals surface area contributed by atoms with Crippen LogP contribution in [0.3, 0.4) is 0 Å². The zero-order chi connectivity index (χ0) is 15.4. The van der Waals surface area contributed by atoms with E-state index in [9.17, 15) is 4.79 Å². The van der Waals surface area contributed by atoms with Crippen molar-refractivity contribution in [2.45, 2.75) is 31.7 Å². The average Bonchev–Trinajstić information content (AvgIpc) is 3.20. The fourth-order valence-corrected chi connectivity index (χ4v) is 3.52. The van der Waals surface area contributed by atoms with Gasteiger partial charge >= 0.3 is 0 Å². The third-order valence-electron chi connectivity index (χ3n) is 4.03. The summed E-state index contributed by atoms with van der Waals surface area (Å²) in [6.07, 6.45) is 6.02. The minimum absolute atomic E-state index is 0.0322. The monoisotopic (exact) mass is 320 g/mol. The highest BCUT2D eigenvalue weighted by atomic mass is 32.1. The molecule has 0 saturated carbocycles. The van der Waals surface area contributed by atoms with Crippen molar-refractivity contribution in [3.8, 4) is 0 Å². The Labute approximate surface area is 133 Å². The molecule has 0 unspecified atom stereocenters. The summed E-state index contributed by atoms with van der Waals surface area (Å²) in [7, 11) is 0. The Morgan fingerprint density at radius 2 is 2.36 bits per heavy atom. The predicted octanol–water partition coefficient (Wildman–Crippen LogP) is 1.48. The van der Waals surface area contributed by atoms with Gasteiger partial charge in [-0.2, -0.15) is 0 Å². The molecule has 2 aromatic rings. The molecule has 0 aliphatic carbocycles. The Morgan fingerprint density at radius 3 is 3.14 bits per heavy atom. The van der Waals surface area contributed by atoms with E-state index in [0.29, 0.717) is 6.54 Å². The highest BCUT2D eigenvalue weighted by Crippen LogP contribution is 2.26. The van der Waals surface area contributed by atoms with Gasteiger partial charge in [0.1, 0.15) is 5.82 Å². The van der Waals surface area contributed by atoms with Crippen LogP contribution in [0.2, 0.25) is 0 Å². The van der Waals surface area contributed by atoms with Crippen molar-refractivity contribution in [3.63, 3.8) is 0 Å². The van der Waals surface area contributed by atoms with Crippen molar-refractivity contribution in [2.75, 3.05) is 19.7 Å². The number of carbonyl (C=O) groups excluding carboxylic acids is 1. The zero-order valence-corrected chi connectivity index (χ0v) is 13.2. The Balaban J connectivity index is 1.71. The van der Waals surface area contributed by atoms with Crippen LogP contribution >= 0.6 is 11.3 Å². The van der Waals surface area contributed by atoms with Crippen molar-refractivity contribution < 1.29 is 9.90 Å². The molecule has 0 radical (unpaired) electrons. The van der Waals surface area contributed by atoms with Gasteiger partial charge in [-0.3, -0.25) is 4.79 Å². The molecule has 0 bridgehead atoms. The van der Waals surface area contributed by atoms with Gasteiger partial charge < -0.3 is 14.6 Å². The molecule has 118 valence electrons. The first-order valence-electron chi connectivity index (χ1n) is 7.54. The number of amides is 1. The van der Waals surface area contributed by atoms with Gasteiger partial charge in [0.15, 0.2) is 0 Å². The van der Waals surface area contributed by atoms with Crippen LogP contribution in [0.4, 0.5) is 0 Å². The van der Waals surface area contributed by atoms with Gasteiger partial charge in [-0.25, -0.2) is 9.97 Å². The minimum atomic E-state index is -0.0849. The maximum absolute atomic E-state index is 12.0. The SMILES string of the molecule is O=C(CCO)N1CCC[C@H](c2nccn2Cc2cscn2)C1. The van der Waals surface area contributed by atoms with E-state index in [1.54, 1.807) is 11.3 Å². The van der Waals surface area contributed by atoms with Gasteiger partial charge in [0.25, 0.3) is 0 Å². The Kier molecular flexibility index (Phi) is 4.84. The lowest BCUT2D eigenvalue weighted by molar-refractivity contribution is -0.133. The molecule has 7 heteroatoms. The quantitative estimate of drug-likeness (QED) is 0.906. The number of aromatic nitrogens is 3. The van der Waals surface area contributed by atoms with Crippen molar-refractivity contribution in [1.82, 2.24) is 19.4 Å². The van der Waals surface area contributed by atoms with E-state index in [1.165, 1.54) is 0 Å². The standard InChI is InChI=1S/C15H20N4O2S/c20-7-3-14(21)18-5-1-2-12(8-18)15-16-4-6-19(15)9-13-10-22-11-17-13/h4,6,10-12,20H,1-3,5,7-9H2/t12-/m0/s1. The van der Waals surface area contributed by atoms with Crippen LogP contribution in [0.1, 0.15) is 36.7 Å². The fourth-order valence-electron chi connectivity index (χ4n) is 2.97. The zero-order valence-electron chi connectivity index (χ0n) is 12.4. The summed E-state index contributed by atoms with van der Waals surface area (Å²) in [5.74, 6) is 1.31. The van der Waals surface area contributed by atoms with Gasteiger partial charge in [0.05, 0.1) is 24.4 Å². The fraction of sp³-hybridized carbons (Fsp3) is 0.533. The van der Waals surface area contributed by atoms with E-state index in [2.05, 4.69) is 14.5 Å². The lowest BCUT2D eigenvalue weighted by Gasteiger charge is -2.32. The molecule has 0 aromatic carbocycles. The van der Waals surface area contributed by atoms with Gasteiger partial charge in [-0.15, -0.1) is 11.3 Å². The van der Waals surface area contributed by atoms with Crippen LogP contribution in [-0.4, -0.2) is 50.1 Å². The van der Waals surface area contributed by atoms with E-state index in [0.717, 1.165) is 37.4 Å². The summed E-state index contributed by atoms with van der Waals surface area (Å²) in [5, 5.41) is 11.0. The second kappa shape index (κ2) is 7.02. The largest absolute Gasteiger partial charge is 0.396 e. The van der Waals surface area contributed by atoms with Crippen LogP contribution in [0.25, 0.3) is 0 Å². The molecule has 3 rings (SSSR count). The number of hydrogen-bond donors (Lipinski definition) is 1. The van der Waals surface area contributed by atoms with E-state index < -0.39 is 0 Å². The van der Waals surface area contributed by atoms with E-state index in [4.69, 9.17) is 5.11 Å². The van der Waals surface area contributed by atoms with E-state index in [-0.39, 0.29) is 24.9 Å². The van der Waals surface area contributed by atoms with E-state index in [1.807, 2.05) is 28.2 Å². The number of rotatable bonds is 5. The van der Waals surface area contributed by atoms with Crippen LogP contribution in [0, 0.1) is 0 Å². The Morgan fingerprint density at radius 1 is 1.45 bits per heavy atom. The highest BCUT2D eigenvalue weighted by molar-refractivity contribution is 7.07. The third kappa shape index (κ3) is 3.36. The number of aliphatic hydroxyl groups excluding tert-OH is 1. The number of carbonyl (C=O) groups is 1. The Hall–Kier alpha value is -1.73. The summed E-state index contributed by atoms with van der Waals surface area (Å²) >= 11 is 1.59. The molecule has 1 amide bonds. The van der Waals surface area contributed by atoms with Gasteiger partial charge in [0, 0.05) is 43.2 Å². The Bertz CT molecular complexity index is 611. The molecule has 1 aliphatic heterocycles. The van der Waals surface area contributed by atoms with Crippen LogP contribution in [0.5, 0.6) is 0 Å². The summed E-state index contributed by atoms with van der Waals surface area (Å²) in [4.78, 5) is 22.7.